The van der Waals surface area contributed by atoms with Crippen molar-refractivity contribution in [3.63, 3.8) is 0 Å². The molecule has 0 bridgehead atoms. The molecule has 0 atom stereocenters. The lowest BCUT2D eigenvalue weighted by atomic mass is 10.1. The number of rotatable bonds is 3. The minimum Gasteiger partial charge on any atom is -0.462 e. The molecule has 0 spiro atoms. The number of carbonyl (C=O) groups excluding carboxylic acids is 1. The number of carbonyl (C=O) groups is 1. The van der Waals surface area contributed by atoms with Crippen molar-refractivity contribution in [2.45, 2.75) is 6.92 Å². The van der Waals surface area contributed by atoms with Crippen molar-refractivity contribution in [2.75, 3.05) is 36.4 Å². The summed E-state index contributed by atoms with van der Waals surface area (Å²) in [6, 6.07) is 13.5. The van der Waals surface area contributed by atoms with Gasteiger partial charge in [-0.05, 0) is 37.3 Å². The quantitative estimate of drug-likeness (QED) is 0.734. The molecule has 136 valence electrons. The van der Waals surface area contributed by atoms with Crippen LogP contribution in [0.1, 0.15) is 15.9 Å². The second-order valence-corrected chi connectivity index (χ2v) is 6.39. The molecule has 0 aliphatic carbocycles. The third kappa shape index (κ3) is 3.69. The van der Waals surface area contributed by atoms with E-state index in [1.807, 2.05) is 49.4 Å². The highest BCUT2D eigenvalue weighted by Gasteiger charge is 2.17. The Morgan fingerprint density at radius 3 is 2.73 bits per heavy atom. The first-order valence-electron chi connectivity index (χ1n) is 8.56. The zero-order valence-corrected chi connectivity index (χ0v) is 15.4. The highest BCUT2D eigenvalue weighted by Crippen LogP contribution is 2.32. The van der Waals surface area contributed by atoms with Gasteiger partial charge in [-0.3, -0.25) is 4.79 Å². The Kier molecular flexibility index (Phi) is 5.49. The summed E-state index contributed by atoms with van der Waals surface area (Å²) in [5.41, 5.74) is 4.42. The molecule has 5 nitrogen and oxygen atoms in total. The first kappa shape index (κ1) is 18.3. The summed E-state index contributed by atoms with van der Waals surface area (Å²) in [5.74, 6) is -0.0993. The van der Waals surface area contributed by atoms with Crippen molar-refractivity contribution in [1.82, 2.24) is 5.32 Å². The number of fused-ring (bicyclic) bond motifs is 1. The second-order valence-electron chi connectivity index (χ2n) is 6.39. The lowest BCUT2D eigenvalue weighted by molar-refractivity contribution is 0.102. The molecule has 1 aliphatic rings. The number of nitrogens with one attached hydrogen (secondary N) is 2. The number of anilines is 2. The average Bonchev–Trinajstić information content (AvgIpc) is 3.10. The van der Waals surface area contributed by atoms with Crippen LogP contribution in [-0.4, -0.2) is 32.1 Å². The van der Waals surface area contributed by atoms with Crippen molar-refractivity contribution in [3.8, 4) is 0 Å². The summed E-state index contributed by atoms with van der Waals surface area (Å²) in [6.07, 6.45) is 1.70. The molecule has 1 aromatic heterocycles. The summed E-state index contributed by atoms with van der Waals surface area (Å²) in [5, 5.41) is 7.38. The van der Waals surface area contributed by atoms with Crippen LogP contribution in [0.25, 0.3) is 11.0 Å². The van der Waals surface area contributed by atoms with E-state index in [2.05, 4.69) is 15.5 Å². The van der Waals surface area contributed by atoms with Crippen molar-refractivity contribution >= 4 is 40.7 Å². The van der Waals surface area contributed by atoms with Gasteiger partial charge in [0.05, 0.1) is 12.0 Å². The first-order valence-corrected chi connectivity index (χ1v) is 8.56. The van der Waals surface area contributed by atoms with Crippen LogP contribution < -0.4 is 15.5 Å². The Morgan fingerprint density at radius 1 is 1.15 bits per heavy atom. The normalized spacial score (nSPS) is 14.1. The monoisotopic (exact) mass is 371 g/mol. The van der Waals surface area contributed by atoms with Crippen LogP contribution >= 0.6 is 12.4 Å². The predicted molar refractivity (Wildman–Crippen MR) is 108 cm³/mol. The fraction of sp³-hybridized carbons (Fsp3) is 0.250. The first-order chi connectivity index (χ1) is 12.2. The van der Waals surface area contributed by atoms with E-state index in [1.165, 1.54) is 0 Å². The Bertz CT molecular complexity index is 916. The summed E-state index contributed by atoms with van der Waals surface area (Å²) >= 11 is 0. The molecule has 1 fully saturated rings. The van der Waals surface area contributed by atoms with Crippen molar-refractivity contribution in [3.05, 3.63) is 59.9 Å². The van der Waals surface area contributed by atoms with Gasteiger partial charge in [-0.25, -0.2) is 0 Å². The standard InChI is InChI=1S/C20H21N3O2.ClH/c1-14-3-2-4-16(11-14)20(24)22-17-12-15-5-10-25-19(15)18(13-17)23-8-6-21-7-9-23;/h2-5,10-13,21H,6-9H2,1H3,(H,22,24);1H. The van der Waals surface area contributed by atoms with E-state index in [-0.39, 0.29) is 18.3 Å². The fourth-order valence-corrected chi connectivity index (χ4v) is 3.27. The van der Waals surface area contributed by atoms with Crippen LogP contribution in [0.5, 0.6) is 0 Å². The minimum atomic E-state index is -0.0993. The number of benzene rings is 2. The van der Waals surface area contributed by atoms with E-state index in [0.717, 1.165) is 54.1 Å². The van der Waals surface area contributed by atoms with Gasteiger partial charge in [-0.15, -0.1) is 12.4 Å². The summed E-state index contributed by atoms with van der Waals surface area (Å²) in [6.45, 7) is 5.72. The third-order valence-corrected chi connectivity index (χ3v) is 4.53. The maximum atomic E-state index is 12.6. The summed E-state index contributed by atoms with van der Waals surface area (Å²) in [4.78, 5) is 14.9. The van der Waals surface area contributed by atoms with Crippen molar-refractivity contribution < 1.29 is 9.21 Å². The van der Waals surface area contributed by atoms with E-state index in [9.17, 15) is 4.79 Å². The van der Waals surface area contributed by atoms with E-state index < -0.39 is 0 Å². The molecule has 26 heavy (non-hydrogen) atoms. The zero-order chi connectivity index (χ0) is 17.2. The molecule has 6 heteroatoms. The molecular weight excluding hydrogens is 350 g/mol. The molecule has 0 unspecified atom stereocenters. The number of amides is 1. The Labute approximate surface area is 158 Å². The van der Waals surface area contributed by atoms with Crippen LogP contribution in [-0.2, 0) is 0 Å². The van der Waals surface area contributed by atoms with Crippen LogP contribution in [0.2, 0.25) is 0 Å². The smallest absolute Gasteiger partial charge is 0.255 e. The topological polar surface area (TPSA) is 57.5 Å². The third-order valence-electron chi connectivity index (χ3n) is 4.53. The Morgan fingerprint density at radius 2 is 1.96 bits per heavy atom. The van der Waals surface area contributed by atoms with Gasteiger partial charge >= 0.3 is 0 Å². The van der Waals surface area contributed by atoms with E-state index >= 15 is 0 Å². The van der Waals surface area contributed by atoms with Gasteiger partial charge in [0.15, 0.2) is 5.58 Å². The van der Waals surface area contributed by atoms with Crippen LogP contribution in [0.3, 0.4) is 0 Å². The van der Waals surface area contributed by atoms with Crippen molar-refractivity contribution in [2.24, 2.45) is 0 Å². The number of furan rings is 1. The molecule has 1 saturated heterocycles. The predicted octanol–water partition coefficient (Wildman–Crippen LogP) is 3.82. The van der Waals surface area contributed by atoms with Gasteiger partial charge in [0.2, 0.25) is 0 Å². The SMILES string of the molecule is Cc1cccc(C(=O)Nc2cc(N3CCNCC3)c3occc3c2)c1.Cl. The lowest BCUT2D eigenvalue weighted by Crippen LogP contribution is -2.43. The molecule has 2 N–H and O–H groups in total. The van der Waals surface area contributed by atoms with Gasteiger partial charge in [-0.2, -0.15) is 0 Å². The highest BCUT2D eigenvalue weighted by atomic mass is 35.5. The molecule has 1 aliphatic heterocycles. The van der Waals surface area contributed by atoms with Gasteiger partial charge in [0, 0.05) is 42.8 Å². The zero-order valence-electron chi connectivity index (χ0n) is 14.6. The molecule has 3 aromatic rings. The number of hydrogen-bond donors (Lipinski definition) is 2. The lowest BCUT2D eigenvalue weighted by Gasteiger charge is -2.29. The van der Waals surface area contributed by atoms with E-state index in [0.29, 0.717) is 5.56 Å². The van der Waals surface area contributed by atoms with Gasteiger partial charge < -0.3 is 20.0 Å². The summed E-state index contributed by atoms with van der Waals surface area (Å²) in [7, 11) is 0. The van der Waals surface area contributed by atoms with E-state index in [1.54, 1.807) is 6.26 Å². The van der Waals surface area contributed by atoms with E-state index in [4.69, 9.17) is 4.42 Å². The Balaban J connectivity index is 0.00000196. The average molecular weight is 372 g/mol. The molecule has 0 radical (unpaired) electrons. The van der Waals surface area contributed by atoms with Crippen LogP contribution in [0, 0.1) is 6.92 Å². The molecule has 0 saturated carbocycles. The number of piperazine rings is 1. The number of hydrogen-bond acceptors (Lipinski definition) is 4. The van der Waals surface area contributed by atoms with Gasteiger partial charge in [-0.1, -0.05) is 17.7 Å². The molecular formula is C20H22ClN3O2. The van der Waals surface area contributed by atoms with Crippen LogP contribution in [0.4, 0.5) is 11.4 Å². The summed E-state index contributed by atoms with van der Waals surface area (Å²) < 4.78 is 5.69. The van der Waals surface area contributed by atoms with Crippen molar-refractivity contribution in [1.29, 1.82) is 0 Å². The number of halogens is 1. The largest absolute Gasteiger partial charge is 0.462 e. The highest BCUT2D eigenvalue weighted by molar-refractivity contribution is 6.06. The molecule has 4 rings (SSSR count). The van der Waals surface area contributed by atoms with Gasteiger partial charge in [0.25, 0.3) is 5.91 Å². The fourth-order valence-electron chi connectivity index (χ4n) is 3.27. The van der Waals surface area contributed by atoms with Crippen LogP contribution in [0.15, 0.2) is 53.1 Å². The maximum absolute atomic E-state index is 12.6. The molecule has 2 heterocycles. The Hall–Kier alpha value is -2.50. The number of nitrogens with zero attached hydrogens (tertiary/aromatic N) is 1. The van der Waals surface area contributed by atoms with Gasteiger partial charge in [0.1, 0.15) is 0 Å². The molecule has 2 aromatic carbocycles. The maximum Gasteiger partial charge on any atom is 0.255 e. The molecule has 1 amide bonds. The minimum absolute atomic E-state index is 0. The number of aryl methyl sites for hydroxylation is 1. The second kappa shape index (κ2) is 7.81.